The first-order chi connectivity index (χ1) is 13.3. The fourth-order valence-electron chi connectivity index (χ4n) is 2.72. The summed E-state index contributed by atoms with van der Waals surface area (Å²) in [7, 11) is 1.43. The maximum Gasteiger partial charge on any atom is 0.416 e. The van der Waals surface area contributed by atoms with E-state index in [2.05, 4.69) is 10.6 Å². The van der Waals surface area contributed by atoms with Crippen molar-refractivity contribution in [1.29, 1.82) is 0 Å². The number of methoxy groups -OCH3 is 1. The summed E-state index contributed by atoms with van der Waals surface area (Å²) in [6.07, 6.45) is -4.32. The van der Waals surface area contributed by atoms with Crippen molar-refractivity contribution < 1.29 is 32.2 Å². The molecule has 2 aromatic rings. The van der Waals surface area contributed by atoms with Gasteiger partial charge >= 0.3 is 6.18 Å². The summed E-state index contributed by atoms with van der Waals surface area (Å²) in [5, 5.41) is 5.28. The molecule has 1 unspecified atom stereocenters. The first-order valence-electron chi connectivity index (χ1n) is 8.37. The van der Waals surface area contributed by atoms with Crippen LogP contribution in [0.4, 0.5) is 18.9 Å². The molecule has 1 heterocycles. The molecule has 1 atom stereocenters. The Morgan fingerprint density at radius 3 is 2.39 bits per heavy atom. The van der Waals surface area contributed by atoms with E-state index in [0.717, 1.165) is 12.1 Å². The normalized spacial score (nSPS) is 16.4. The Bertz CT molecular complexity index is 882. The van der Waals surface area contributed by atoms with Gasteiger partial charge in [0.25, 0.3) is 0 Å². The van der Waals surface area contributed by atoms with Crippen molar-refractivity contribution in [1.82, 2.24) is 5.32 Å². The van der Waals surface area contributed by atoms with Crippen LogP contribution in [-0.4, -0.2) is 25.5 Å². The van der Waals surface area contributed by atoms with Crippen LogP contribution in [0.3, 0.4) is 0 Å². The number of rotatable bonds is 5. The van der Waals surface area contributed by atoms with Gasteiger partial charge in [-0.3, -0.25) is 9.59 Å². The molecule has 3 rings (SSSR count). The second-order valence-corrected chi connectivity index (χ2v) is 6.18. The molecule has 0 aromatic heterocycles. The molecule has 6 nitrogen and oxygen atoms in total. The molecule has 1 fully saturated rings. The van der Waals surface area contributed by atoms with Gasteiger partial charge in [-0.2, -0.15) is 13.2 Å². The number of amides is 2. The summed E-state index contributed by atoms with van der Waals surface area (Å²) in [6.45, 7) is 0.259. The third-order valence-electron chi connectivity index (χ3n) is 4.19. The number of alkyl halides is 3. The molecular formula is C19H17F3N2O4. The van der Waals surface area contributed by atoms with Gasteiger partial charge in [-0.05, 0) is 36.4 Å². The monoisotopic (exact) mass is 394 g/mol. The zero-order valence-electron chi connectivity index (χ0n) is 14.8. The maximum atomic E-state index is 12.6. The Balaban J connectivity index is 1.75. The van der Waals surface area contributed by atoms with E-state index in [1.807, 2.05) is 0 Å². The number of nitrogens with one attached hydrogen (secondary N) is 2. The highest BCUT2D eigenvalue weighted by Crippen LogP contribution is 2.34. The van der Waals surface area contributed by atoms with E-state index in [-0.39, 0.29) is 30.5 Å². The molecule has 0 radical (unpaired) electrons. The van der Waals surface area contributed by atoms with Gasteiger partial charge in [0.1, 0.15) is 17.2 Å². The number of halogens is 3. The van der Waals surface area contributed by atoms with Crippen LogP contribution in [0.25, 0.3) is 0 Å². The van der Waals surface area contributed by atoms with Crippen molar-refractivity contribution in [3.63, 3.8) is 0 Å². The van der Waals surface area contributed by atoms with Gasteiger partial charge in [0.15, 0.2) is 0 Å². The first-order valence-corrected chi connectivity index (χ1v) is 8.37. The zero-order chi connectivity index (χ0) is 20.3. The minimum atomic E-state index is -4.42. The van der Waals surface area contributed by atoms with Crippen LogP contribution in [0.1, 0.15) is 12.0 Å². The Hall–Kier alpha value is -3.23. The van der Waals surface area contributed by atoms with Crippen molar-refractivity contribution in [2.75, 3.05) is 19.0 Å². The molecule has 0 aliphatic carbocycles. The summed E-state index contributed by atoms with van der Waals surface area (Å²) in [5.74, 6) is -0.130. The lowest BCUT2D eigenvalue weighted by Crippen LogP contribution is -2.24. The van der Waals surface area contributed by atoms with E-state index >= 15 is 0 Å². The molecule has 0 saturated carbocycles. The van der Waals surface area contributed by atoms with Crippen LogP contribution in [0, 0.1) is 5.92 Å². The lowest BCUT2D eigenvalue weighted by atomic mass is 10.1. The molecule has 148 valence electrons. The van der Waals surface area contributed by atoms with Crippen LogP contribution in [-0.2, 0) is 15.8 Å². The van der Waals surface area contributed by atoms with Gasteiger partial charge < -0.3 is 20.1 Å². The second-order valence-electron chi connectivity index (χ2n) is 6.18. The van der Waals surface area contributed by atoms with Gasteiger partial charge in [0.05, 0.1) is 24.3 Å². The predicted octanol–water partition coefficient (Wildman–Crippen LogP) is 3.58. The third-order valence-corrected chi connectivity index (χ3v) is 4.19. The molecule has 1 saturated heterocycles. The number of hydrogen-bond donors (Lipinski definition) is 2. The lowest BCUT2D eigenvalue weighted by Gasteiger charge is -2.15. The molecule has 2 aromatic carbocycles. The summed E-state index contributed by atoms with van der Waals surface area (Å²) in [6, 6.07) is 8.89. The Morgan fingerprint density at radius 2 is 1.82 bits per heavy atom. The lowest BCUT2D eigenvalue weighted by molar-refractivity contribution is -0.137. The average Bonchev–Trinajstić information content (AvgIpc) is 3.08. The number of ether oxygens (including phenoxy) is 2. The topological polar surface area (TPSA) is 76.7 Å². The van der Waals surface area contributed by atoms with E-state index < -0.39 is 17.7 Å². The van der Waals surface area contributed by atoms with Crippen LogP contribution in [0.5, 0.6) is 17.2 Å². The quantitative estimate of drug-likeness (QED) is 0.813. The Morgan fingerprint density at radius 1 is 1.14 bits per heavy atom. The number of benzene rings is 2. The van der Waals surface area contributed by atoms with Crippen LogP contribution < -0.4 is 20.1 Å². The molecule has 2 amide bonds. The molecule has 1 aliphatic rings. The average molecular weight is 394 g/mol. The predicted molar refractivity (Wildman–Crippen MR) is 94.3 cm³/mol. The fourth-order valence-corrected chi connectivity index (χ4v) is 2.72. The molecule has 28 heavy (non-hydrogen) atoms. The number of carbonyl (C=O) groups excluding carboxylic acids is 2. The van der Waals surface area contributed by atoms with E-state index in [9.17, 15) is 22.8 Å². The fraction of sp³-hybridized carbons (Fsp3) is 0.263. The Labute approximate surface area is 158 Å². The van der Waals surface area contributed by atoms with Crippen molar-refractivity contribution >= 4 is 17.5 Å². The largest absolute Gasteiger partial charge is 0.495 e. The molecule has 0 bridgehead atoms. The maximum absolute atomic E-state index is 12.6. The minimum absolute atomic E-state index is 0.107. The van der Waals surface area contributed by atoms with E-state index in [0.29, 0.717) is 17.2 Å². The van der Waals surface area contributed by atoms with Crippen molar-refractivity contribution in [2.45, 2.75) is 12.6 Å². The first kappa shape index (κ1) is 19.5. The van der Waals surface area contributed by atoms with E-state index in [1.54, 1.807) is 12.1 Å². The van der Waals surface area contributed by atoms with E-state index in [1.165, 1.54) is 25.3 Å². The van der Waals surface area contributed by atoms with Crippen molar-refractivity contribution in [2.24, 2.45) is 5.92 Å². The summed E-state index contributed by atoms with van der Waals surface area (Å²) >= 11 is 0. The van der Waals surface area contributed by atoms with Crippen molar-refractivity contribution in [3.8, 4) is 17.2 Å². The summed E-state index contributed by atoms with van der Waals surface area (Å²) in [5.41, 5.74) is -0.446. The number of anilines is 1. The molecule has 1 aliphatic heterocycles. The molecular weight excluding hydrogens is 377 g/mol. The highest BCUT2D eigenvalue weighted by molar-refractivity contribution is 5.98. The molecule has 2 N–H and O–H groups in total. The SMILES string of the molecule is COc1ccc(Oc2ccc(C(F)(F)F)cc2)cc1NC(=O)C1CNC(=O)C1. The highest BCUT2D eigenvalue weighted by atomic mass is 19.4. The molecule has 9 heteroatoms. The summed E-state index contributed by atoms with van der Waals surface area (Å²) in [4.78, 5) is 23.6. The van der Waals surface area contributed by atoms with Gasteiger partial charge in [-0.15, -0.1) is 0 Å². The van der Waals surface area contributed by atoms with Crippen LogP contribution >= 0.6 is 0 Å². The minimum Gasteiger partial charge on any atom is -0.495 e. The van der Waals surface area contributed by atoms with Crippen LogP contribution in [0.2, 0.25) is 0 Å². The Kier molecular flexibility index (Phi) is 5.43. The smallest absolute Gasteiger partial charge is 0.416 e. The van der Waals surface area contributed by atoms with Gasteiger partial charge in [-0.1, -0.05) is 0 Å². The van der Waals surface area contributed by atoms with E-state index in [4.69, 9.17) is 9.47 Å². The number of carbonyl (C=O) groups is 2. The molecule has 0 spiro atoms. The standard InChI is InChI=1S/C19H17F3N2O4/c1-27-16-7-6-14(28-13-4-2-12(3-5-13)19(20,21)22)9-15(16)24-18(26)11-8-17(25)23-10-11/h2-7,9,11H,8,10H2,1H3,(H,23,25)(H,24,26). The van der Waals surface area contributed by atoms with Crippen LogP contribution in [0.15, 0.2) is 42.5 Å². The van der Waals surface area contributed by atoms with Gasteiger partial charge in [-0.25, -0.2) is 0 Å². The zero-order valence-corrected chi connectivity index (χ0v) is 14.8. The second kappa shape index (κ2) is 7.79. The highest BCUT2D eigenvalue weighted by Gasteiger charge is 2.30. The van der Waals surface area contributed by atoms with Gasteiger partial charge in [0.2, 0.25) is 11.8 Å². The van der Waals surface area contributed by atoms with Crippen molar-refractivity contribution in [3.05, 3.63) is 48.0 Å². The number of hydrogen-bond acceptors (Lipinski definition) is 4. The third kappa shape index (κ3) is 4.54. The van der Waals surface area contributed by atoms with Gasteiger partial charge in [0, 0.05) is 19.0 Å². The summed E-state index contributed by atoms with van der Waals surface area (Å²) < 4.78 is 48.7.